The molecule has 0 radical (unpaired) electrons. The summed E-state index contributed by atoms with van der Waals surface area (Å²) in [5.41, 5.74) is 2.53. The lowest BCUT2D eigenvalue weighted by Gasteiger charge is -2.19. The Morgan fingerprint density at radius 1 is 1.28 bits per heavy atom. The molecule has 1 aromatic heterocycles. The summed E-state index contributed by atoms with van der Waals surface area (Å²) >= 11 is 11.3. The van der Waals surface area contributed by atoms with Crippen molar-refractivity contribution in [3.63, 3.8) is 0 Å². The van der Waals surface area contributed by atoms with E-state index >= 15 is 0 Å². The van der Waals surface area contributed by atoms with Gasteiger partial charge in [-0.2, -0.15) is 11.3 Å². The highest BCUT2D eigenvalue weighted by molar-refractivity contribution is 9.10. The molecular formula is C14H15BrClNS. The van der Waals surface area contributed by atoms with Gasteiger partial charge in [0.2, 0.25) is 0 Å². The Hall–Kier alpha value is -0.350. The lowest BCUT2D eigenvalue weighted by molar-refractivity contribution is 0.598. The summed E-state index contributed by atoms with van der Waals surface area (Å²) in [7, 11) is 0. The van der Waals surface area contributed by atoms with Crippen molar-refractivity contribution in [2.45, 2.75) is 19.4 Å². The van der Waals surface area contributed by atoms with Crippen LogP contribution in [0.3, 0.4) is 0 Å². The van der Waals surface area contributed by atoms with Gasteiger partial charge in [0, 0.05) is 14.9 Å². The Morgan fingerprint density at radius 3 is 2.56 bits per heavy atom. The molecule has 0 saturated heterocycles. The van der Waals surface area contributed by atoms with Gasteiger partial charge in [0.15, 0.2) is 0 Å². The first-order valence-corrected chi connectivity index (χ1v) is 8.04. The highest BCUT2D eigenvalue weighted by atomic mass is 79.9. The van der Waals surface area contributed by atoms with Crippen LogP contribution in [0.4, 0.5) is 0 Å². The summed E-state index contributed by atoms with van der Waals surface area (Å²) in [6.45, 7) is 3.17. The molecule has 18 heavy (non-hydrogen) atoms. The molecule has 1 atom stereocenters. The summed E-state index contributed by atoms with van der Waals surface area (Å²) in [6, 6.07) is 8.28. The largest absolute Gasteiger partial charge is 0.306 e. The van der Waals surface area contributed by atoms with E-state index in [2.05, 4.69) is 51.1 Å². The Balaban J connectivity index is 2.30. The van der Waals surface area contributed by atoms with Crippen molar-refractivity contribution in [2.75, 3.05) is 6.54 Å². The molecule has 1 unspecified atom stereocenters. The van der Waals surface area contributed by atoms with Gasteiger partial charge >= 0.3 is 0 Å². The fourth-order valence-electron chi connectivity index (χ4n) is 1.85. The van der Waals surface area contributed by atoms with E-state index in [0.717, 1.165) is 22.5 Å². The molecule has 0 aliphatic rings. The van der Waals surface area contributed by atoms with Crippen molar-refractivity contribution >= 4 is 38.9 Å². The van der Waals surface area contributed by atoms with Gasteiger partial charge in [0.1, 0.15) is 0 Å². The van der Waals surface area contributed by atoms with Crippen LogP contribution in [0.1, 0.15) is 30.5 Å². The van der Waals surface area contributed by atoms with Gasteiger partial charge in [-0.3, -0.25) is 0 Å². The van der Waals surface area contributed by atoms with Gasteiger partial charge in [-0.05, 0) is 57.5 Å². The molecule has 2 rings (SSSR count). The molecule has 4 heteroatoms. The molecule has 0 spiro atoms. The van der Waals surface area contributed by atoms with Crippen molar-refractivity contribution < 1.29 is 0 Å². The topological polar surface area (TPSA) is 12.0 Å². The van der Waals surface area contributed by atoms with Gasteiger partial charge in [0.05, 0.1) is 6.04 Å². The zero-order valence-electron chi connectivity index (χ0n) is 10.1. The lowest BCUT2D eigenvalue weighted by Crippen LogP contribution is -2.23. The van der Waals surface area contributed by atoms with Crippen molar-refractivity contribution in [1.29, 1.82) is 0 Å². The molecule has 0 bridgehead atoms. The maximum absolute atomic E-state index is 5.95. The average molecular weight is 345 g/mol. The van der Waals surface area contributed by atoms with Crippen LogP contribution in [0.15, 0.2) is 39.5 Å². The maximum Gasteiger partial charge on any atom is 0.0596 e. The van der Waals surface area contributed by atoms with Crippen LogP contribution in [0.2, 0.25) is 5.02 Å². The quantitative estimate of drug-likeness (QED) is 0.781. The minimum absolute atomic E-state index is 0.225. The van der Waals surface area contributed by atoms with Crippen LogP contribution >= 0.6 is 38.9 Å². The number of nitrogens with one attached hydrogen (secondary N) is 1. The number of hydrogen-bond acceptors (Lipinski definition) is 2. The molecule has 1 heterocycles. The average Bonchev–Trinajstić information content (AvgIpc) is 2.78. The van der Waals surface area contributed by atoms with Crippen molar-refractivity contribution in [2.24, 2.45) is 0 Å². The number of halogens is 2. The summed E-state index contributed by atoms with van der Waals surface area (Å²) in [4.78, 5) is 0. The lowest BCUT2D eigenvalue weighted by atomic mass is 10.0. The Kier molecular flexibility index (Phi) is 5.25. The van der Waals surface area contributed by atoms with Crippen molar-refractivity contribution in [3.8, 4) is 0 Å². The van der Waals surface area contributed by atoms with Crippen LogP contribution < -0.4 is 5.32 Å². The number of thiophene rings is 1. The third kappa shape index (κ3) is 3.35. The minimum atomic E-state index is 0.225. The number of hydrogen-bond donors (Lipinski definition) is 1. The molecule has 96 valence electrons. The maximum atomic E-state index is 5.95. The zero-order chi connectivity index (χ0) is 13.0. The van der Waals surface area contributed by atoms with Crippen LogP contribution in [0.25, 0.3) is 0 Å². The third-order valence-electron chi connectivity index (χ3n) is 2.76. The van der Waals surface area contributed by atoms with Crippen LogP contribution in [0, 0.1) is 0 Å². The smallest absolute Gasteiger partial charge is 0.0596 e. The molecule has 0 fully saturated rings. The molecule has 0 aliphatic heterocycles. The Labute approximate surface area is 125 Å². The number of benzene rings is 1. The van der Waals surface area contributed by atoms with Gasteiger partial charge in [-0.15, -0.1) is 0 Å². The molecule has 1 nitrogen and oxygen atoms in total. The second-order valence-corrected chi connectivity index (χ2v) is 6.15. The SMILES string of the molecule is CCCNC(c1ccc(Cl)cc1)c1cscc1Br. The monoisotopic (exact) mass is 343 g/mol. The van der Waals surface area contributed by atoms with E-state index in [9.17, 15) is 0 Å². The fraction of sp³-hybridized carbons (Fsp3) is 0.286. The fourth-order valence-corrected chi connectivity index (χ4v) is 3.53. The van der Waals surface area contributed by atoms with E-state index in [0.29, 0.717) is 0 Å². The van der Waals surface area contributed by atoms with Crippen LogP contribution in [0.5, 0.6) is 0 Å². The molecule has 0 saturated carbocycles. The Morgan fingerprint density at radius 2 is 2.00 bits per heavy atom. The third-order valence-corrected chi connectivity index (χ3v) is 4.76. The Bertz CT molecular complexity index is 495. The minimum Gasteiger partial charge on any atom is -0.306 e. The zero-order valence-corrected chi connectivity index (χ0v) is 13.3. The van der Waals surface area contributed by atoms with E-state index in [1.807, 2.05) is 12.1 Å². The van der Waals surface area contributed by atoms with E-state index in [4.69, 9.17) is 11.6 Å². The van der Waals surface area contributed by atoms with Crippen molar-refractivity contribution in [3.05, 3.63) is 55.6 Å². The molecule has 1 N–H and O–H groups in total. The van der Waals surface area contributed by atoms with E-state index < -0.39 is 0 Å². The first-order valence-electron chi connectivity index (χ1n) is 5.92. The second kappa shape index (κ2) is 6.71. The van der Waals surface area contributed by atoms with E-state index in [1.54, 1.807) is 11.3 Å². The first-order chi connectivity index (χ1) is 8.72. The van der Waals surface area contributed by atoms with Gasteiger partial charge in [0.25, 0.3) is 0 Å². The van der Waals surface area contributed by atoms with Crippen molar-refractivity contribution in [1.82, 2.24) is 5.32 Å². The highest BCUT2D eigenvalue weighted by Crippen LogP contribution is 2.32. The second-order valence-electron chi connectivity index (χ2n) is 4.11. The number of rotatable bonds is 5. The van der Waals surface area contributed by atoms with Gasteiger partial charge in [-0.25, -0.2) is 0 Å². The van der Waals surface area contributed by atoms with E-state index in [1.165, 1.54) is 11.1 Å². The molecule has 2 aromatic rings. The van der Waals surface area contributed by atoms with Crippen LogP contribution in [-0.4, -0.2) is 6.54 Å². The van der Waals surface area contributed by atoms with Gasteiger partial charge < -0.3 is 5.32 Å². The summed E-state index contributed by atoms with van der Waals surface area (Å²) in [5, 5.41) is 8.66. The molecule has 1 aromatic carbocycles. The summed E-state index contributed by atoms with van der Waals surface area (Å²) < 4.78 is 1.16. The van der Waals surface area contributed by atoms with Gasteiger partial charge in [-0.1, -0.05) is 30.7 Å². The highest BCUT2D eigenvalue weighted by Gasteiger charge is 2.16. The predicted molar refractivity (Wildman–Crippen MR) is 83.6 cm³/mol. The predicted octanol–water partition coefficient (Wildman–Crippen LogP) is 5.25. The molecule has 0 amide bonds. The molecule has 0 aliphatic carbocycles. The van der Waals surface area contributed by atoms with E-state index in [-0.39, 0.29) is 6.04 Å². The first kappa shape index (κ1) is 14.1. The summed E-state index contributed by atoms with van der Waals surface area (Å²) in [6.07, 6.45) is 1.12. The molecular weight excluding hydrogens is 330 g/mol. The standard InChI is InChI=1S/C14H15BrClNS/c1-2-7-17-14(12-8-18-9-13(12)15)10-3-5-11(16)6-4-10/h3-6,8-9,14,17H,2,7H2,1H3. The van der Waals surface area contributed by atoms with Crippen LogP contribution in [-0.2, 0) is 0 Å². The normalized spacial score (nSPS) is 12.6. The summed E-state index contributed by atoms with van der Waals surface area (Å²) in [5.74, 6) is 0.